The summed E-state index contributed by atoms with van der Waals surface area (Å²) in [6.45, 7) is 2.87. The predicted molar refractivity (Wildman–Crippen MR) is 84.8 cm³/mol. The van der Waals surface area contributed by atoms with Crippen molar-refractivity contribution in [3.05, 3.63) is 29.6 Å². The van der Waals surface area contributed by atoms with E-state index in [1.54, 1.807) is 4.90 Å². The van der Waals surface area contributed by atoms with E-state index in [4.69, 9.17) is 5.73 Å². The Morgan fingerprint density at radius 2 is 2.04 bits per heavy atom. The third-order valence-electron chi connectivity index (χ3n) is 4.58. The van der Waals surface area contributed by atoms with Crippen LogP contribution in [0.4, 0.5) is 14.9 Å². The summed E-state index contributed by atoms with van der Waals surface area (Å²) >= 11 is 0. The summed E-state index contributed by atoms with van der Waals surface area (Å²) in [5, 5.41) is 2.69. The zero-order valence-electron chi connectivity index (χ0n) is 12.9. The van der Waals surface area contributed by atoms with E-state index in [9.17, 15) is 14.0 Å². The molecule has 0 aliphatic carbocycles. The molecule has 0 aromatic heterocycles. The first kappa shape index (κ1) is 15.7. The number of carbonyl (C=O) groups excluding carboxylic acids is 2. The highest BCUT2D eigenvalue weighted by Crippen LogP contribution is 2.24. The Bertz CT molecular complexity index is 614. The fourth-order valence-corrected chi connectivity index (χ4v) is 3.11. The van der Waals surface area contributed by atoms with Crippen LogP contribution in [0.15, 0.2) is 18.2 Å². The molecule has 7 heteroatoms. The number of amides is 3. The number of likely N-dealkylation sites (tertiary alicyclic amines) is 1. The van der Waals surface area contributed by atoms with Crippen LogP contribution >= 0.6 is 0 Å². The molecule has 2 aliphatic heterocycles. The van der Waals surface area contributed by atoms with Crippen LogP contribution in [-0.2, 0) is 0 Å². The van der Waals surface area contributed by atoms with Crippen molar-refractivity contribution < 1.29 is 14.0 Å². The van der Waals surface area contributed by atoms with E-state index in [1.165, 1.54) is 23.1 Å². The molecule has 0 atom stereocenters. The number of hydrogen-bond acceptors (Lipinski definition) is 3. The standard InChI is InChI=1S/C16H21FN4O2/c17-14-2-1-12(21-8-5-19-16(21)23)9-13(14)15(22)20-6-3-11(10-18)4-7-20/h1-2,9,11H,3-8,10,18H2,(H,19,23). The van der Waals surface area contributed by atoms with Crippen molar-refractivity contribution in [1.29, 1.82) is 0 Å². The molecule has 2 fully saturated rings. The van der Waals surface area contributed by atoms with Gasteiger partial charge in [0.1, 0.15) is 5.82 Å². The van der Waals surface area contributed by atoms with Crippen molar-refractivity contribution in [2.45, 2.75) is 12.8 Å². The van der Waals surface area contributed by atoms with Gasteiger partial charge in [0.15, 0.2) is 0 Å². The molecule has 2 aliphatic rings. The van der Waals surface area contributed by atoms with E-state index in [-0.39, 0.29) is 17.5 Å². The first-order valence-electron chi connectivity index (χ1n) is 7.94. The molecule has 3 amide bonds. The highest BCUT2D eigenvalue weighted by molar-refractivity contribution is 5.98. The smallest absolute Gasteiger partial charge is 0.321 e. The van der Waals surface area contributed by atoms with Crippen molar-refractivity contribution in [3.63, 3.8) is 0 Å². The predicted octanol–water partition coefficient (Wildman–Crippen LogP) is 1.17. The molecule has 0 unspecified atom stereocenters. The minimum atomic E-state index is -0.556. The average molecular weight is 320 g/mol. The lowest BCUT2D eigenvalue weighted by Gasteiger charge is -2.31. The second kappa shape index (κ2) is 6.54. The average Bonchev–Trinajstić information content (AvgIpc) is 3.01. The molecular weight excluding hydrogens is 299 g/mol. The van der Waals surface area contributed by atoms with Gasteiger partial charge in [0.05, 0.1) is 5.56 Å². The second-order valence-corrected chi connectivity index (χ2v) is 6.02. The molecule has 1 aromatic carbocycles. The van der Waals surface area contributed by atoms with Gasteiger partial charge < -0.3 is 16.0 Å². The molecule has 124 valence electrons. The fraction of sp³-hybridized carbons (Fsp3) is 0.500. The van der Waals surface area contributed by atoms with Crippen molar-refractivity contribution in [2.75, 3.05) is 37.6 Å². The Balaban J connectivity index is 1.79. The summed E-state index contributed by atoms with van der Waals surface area (Å²) in [7, 11) is 0. The maximum atomic E-state index is 14.1. The lowest BCUT2D eigenvalue weighted by Crippen LogP contribution is -2.40. The van der Waals surface area contributed by atoms with Crippen molar-refractivity contribution in [3.8, 4) is 0 Å². The maximum absolute atomic E-state index is 14.1. The molecule has 3 rings (SSSR count). The number of urea groups is 1. The maximum Gasteiger partial charge on any atom is 0.321 e. The first-order chi connectivity index (χ1) is 11.1. The van der Waals surface area contributed by atoms with E-state index in [0.29, 0.717) is 44.3 Å². The van der Waals surface area contributed by atoms with Crippen molar-refractivity contribution >= 4 is 17.6 Å². The Hall–Kier alpha value is -2.15. The number of nitrogens with zero attached hydrogens (tertiary/aromatic N) is 2. The Kier molecular flexibility index (Phi) is 4.47. The van der Waals surface area contributed by atoms with Crippen LogP contribution in [0, 0.1) is 11.7 Å². The normalized spacial score (nSPS) is 19.1. The largest absolute Gasteiger partial charge is 0.339 e. The van der Waals surface area contributed by atoms with Crippen LogP contribution in [0.25, 0.3) is 0 Å². The summed E-state index contributed by atoms with van der Waals surface area (Å²) in [5.41, 5.74) is 6.22. The summed E-state index contributed by atoms with van der Waals surface area (Å²) in [6.07, 6.45) is 1.69. The van der Waals surface area contributed by atoms with Gasteiger partial charge in [-0.15, -0.1) is 0 Å². The minimum absolute atomic E-state index is 0.0217. The second-order valence-electron chi connectivity index (χ2n) is 6.02. The number of piperidine rings is 1. The molecule has 0 saturated carbocycles. The number of nitrogens with two attached hydrogens (primary N) is 1. The number of anilines is 1. The highest BCUT2D eigenvalue weighted by Gasteiger charge is 2.27. The van der Waals surface area contributed by atoms with Gasteiger partial charge in [-0.25, -0.2) is 9.18 Å². The van der Waals surface area contributed by atoms with E-state index in [1.807, 2.05) is 0 Å². The lowest BCUT2D eigenvalue weighted by atomic mass is 9.96. The molecule has 6 nitrogen and oxygen atoms in total. The molecule has 0 spiro atoms. The summed E-state index contributed by atoms with van der Waals surface area (Å²) in [5.74, 6) is -0.442. The SMILES string of the molecule is NCC1CCN(C(=O)c2cc(N3CCNC3=O)ccc2F)CC1. The molecule has 3 N–H and O–H groups in total. The van der Waals surface area contributed by atoms with Crippen LogP contribution in [0.3, 0.4) is 0 Å². The number of rotatable bonds is 3. The number of hydrogen-bond donors (Lipinski definition) is 2. The van der Waals surface area contributed by atoms with Gasteiger partial charge in [-0.05, 0) is 43.5 Å². The fourth-order valence-electron chi connectivity index (χ4n) is 3.11. The van der Waals surface area contributed by atoms with Crippen LogP contribution in [0.1, 0.15) is 23.2 Å². The molecule has 1 aromatic rings. The van der Waals surface area contributed by atoms with Gasteiger partial charge in [-0.3, -0.25) is 9.69 Å². The zero-order chi connectivity index (χ0) is 16.4. The number of nitrogens with one attached hydrogen (secondary N) is 1. The molecule has 2 saturated heterocycles. The first-order valence-corrected chi connectivity index (χ1v) is 7.94. The topological polar surface area (TPSA) is 78.7 Å². The molecule has 0 bridgehead atoms. The van der Waals surface area contributed by atoms with Gasteiger partial charge in [0, 0.05) is 31.9 Å². The van der Waals surface area contributed by atoms with Crippen LogP contribution < -0.4 is 16.0 Å². The summed E-state index contributed by atoms with van der Waals surface area (Å²) < 4.78 is 14.1. The lowest BCUT2D eigenvalue weighted by molar-refractivity contribution is 0.0688. The molecule has 23 heavy (non-hydrogen) atoms. The molecule has 2 heterocycles. The van der Waals surface area contributed by atoms with E-state index in [0.717, 1.165) is 12.8 Å². The van der Waals surface area contributed by atoms with Crippen LogP contribution in [-0.4, -0.2) is 49.6 Å². The zero-order valence-corrected chi connectivity index (χ0v) is 12.9. The summed E-state index contributed by atoms with van der Waals surface area (Å²) in [4.78, 5) is 27.5. The van der Waals surface area contributed by atoms with E-state index < -0.39 is 5.82 Å². The minimum Gasteiger partial charge on any atom is -0.339 e. The monoisotopic (exact) mass is 320 g/mol. The third-order valence-corrected chi connectivity index (χ3v) is 4.58. The third kappa shape index (κ3) is 3.14. The van der Waals surface area contributed by atoms with E-state index >= 15 is 0 Å². The number of benzene rings is 1. The summed E-state index contributed by atoms with van der Waals surface area (Å²) in [6, 6.07) is 4.02. The highest BCUT2D eigenvalue weighted by atomic mass is 19.1. The van der Waals surface area contributed by atoms with Gasteiger partial charge in [-0.2, -0.15) is 0 Å². The Labute approximate surface area is 134 Å². The van der Waals surface area contributed by atoms with E-state index in [2.05, 4.69) is 5.32 Å². The van der Waals surface area contributed by atoms with Crippen LogP contribution in [0.2, 0.25) is 0 Å². The van der Waals surface area contributed by atoms with Gasteiger partial charge in [0.25, 0.3) is 5.91 Å². The molecule has 0 radical (unpaired) electrons. The van der Waals surface area contributed by atoms with Gasteiger partial charge in [0.2, 0.25) is 0 Å². The number of halogens is 1. The quantitative estimate of drug-likeness (QED) is 0.877. The number of carbonyl (C=O) groups is 2. The Morgan fingerprint density at radius 3 is 2.65 bits per heavy atom. The van der Waals surface area contributed by atoms with Crippen LogP contribution in [0.5, 0.6) is 0 Å². The molecular formula is C16H21FN4O2. The van der Waals surface area contributed by atoms with Gasteiger partial charge >= 0.3 is 6.03 Å². The Morgan fingerprint density at radius 1 is 1.30 bits per heavy atom. The van der Waals surface area contributed by atoms with Crippen molar-refractivity contribution in [2.24, 2.45) is 11.7 Å². The van der Waals surface area contributed by atoms with Crippen molar-refractivity contribution in [1.82, 2.24) is 10.2 Å². The van der Waals surface area contributed by atoms with Gasteiger partial charge in [-0.1, -0.05) is 0 Å².